The van der Waals surface area contributed by atoms with Crippen molar-refractivity contribution in [3.05, 3.63) is 7.43 Å². The Morgan fingerprint density at radius 1 is 0.500 bits per heavy atom. The van der Waals surface area contributed by atoms with E-state index in [2.05, 4.69) is 0 Å². The number of hydrogen-bond donors (Lipinski definition) is 0. The SMILES string of the molecule is [CH3-].[Y].[Y].[Y]. The van der Waals surface area contributed by atoms with Crippen LogP contribution in [0.1, 0.15) is 0 Å². The second kappa shape index (κ2) is 16.2. The van der Waals surface area contributed by atoms with Crippen molar-refractivity contribution in [3.8, 4) is 0 Å². The van der Waals surface area contributed by atoms with Gasteiger partial charge < -0.3 is 7.43 Å². The summed E-state index contributed by atoms with van der Waals surface area (Å²) in [6.45, 7) is 0. The Morgan fingerprint density at radius 3 is 0.500 bits per heavy atom. The van der Waals surface area contributed by atoms with Gasteiger partial charge in [-0.3, -0.25) is 0 Å². The molecular weight excluding hydrogens is 279 g/mol. The maximum absolute atomic E-state index is 0. The van der Waals surface area contributed by atoms with E-state index >= 15 is 0 Å². The molecule has 0 aliphatic rings. The van der Waals surface area contributed by atoms with Crippen molar-refractivity contribution in [2.45, 2.75) is 0 Å². The number of rotatable bonds is 0. The monoisotopic (exact) mass is 282 g/mol. The Hall–Kier alpha value is 3.31. The van der Waals surface area contributed by atoms with Crippen molar-refractivity contribution in [3.63, 3.8) is 0 Å². The van der Waals surface area contributed by atoms with E-state index in [1.807, 2.05) is 0 Å². The van der Waals surface area contributed by atoms with Crippen molar-refractivity contribution in [1.29, 1.82) is 0 Å². The Morgan fingerprint density at radius 2 is 0.500 bits per heavy atom. The van der Waals surface area contributed by atoms with Crippen LogP contribution in [0.3, 0.4) is 0 Å². The molecule has 0 amide bonds. The first kappa shape index (κ1) is 26.6. The average molecular weight is 282 g/mol. The van der Waals surface area contributed by atoms with Gasteiger partial charge in [-0.25, -0.2) is 0 Å². The number of hydrogen-bond acceptors (Lipinski definition) is 0. The quantitative estimate of drug-likeness (QED) is 0.566. The molecule has 4 heavy (non-hydrogen) atoms. The summed E-state index contributed by atoms with van der Waals surface area (Å²) in [5, 5.41) is 0. The summed E-state index contributed by atoms with van der Waals surface area (Å²) < 4.78 is 0. The van der Waals surface area contributed by atoms with E-state index in [-0.39, 0.29) is 106 Å². The molecule has 0 aromatic heterocycles. The Bertz CT molecular complexity index is 3.25. The Balaban J connectivity index is 0. The minimum atomic E-state index is 0. The molecule has 0 aliphatic heterocycles. The van der Waals surface area contributed by atoms with Gasteiger partial charge in [0.15, 0.2) is 0 Å². The van der Waals surface area contributed by atoms with Gasteiger partial charge in [0.25, 0.3) is 0 Å². The first-order valence-corrected chi connectivity index (χ1v) is 0. The van der Waals surface area contributed by atoms with Crippen LogP contribution in [-0.4, -0.2) is 0 Å². The molecule has 0 saturated carbocycles. The molecule has 0 nitrogen and oxygen atoms in total. The maximum atomic E-state index is 0. The predicted octanol–water partition coefficient (Wildman–Crippen LogP) is 0.443. The van der Waals surface area contributed by atoms with Crippen LogP contribution in [0.25, 0.3) is 0 Å². The van der Waals surface area contributed by atoms with Crippen molar-refractivity contribution >= 4 is 0 Å². The molecule has 3 radical (unpaired) electrons. The van der Waals surface area contributed by atoms with Gasteiger partial charge in [-0.05, 0) is 0 Å². The topological polar surface area (TPSA) is 0 Å². The first-order valence-electron chi connectivity index (χ1n) is 0. The molecule has 0 atom stereocenters. The van der Waals surface area contributed by atoms with Crippen LogP contribution >= 0.6 is 0 Å². The van der Waals surface area contributed by atoms with Gasteiger partial charge in [-0.1, -0.05) is 0 Å². The van der Waals surface area contributed by atoms with Crippen molar-refractivity contribution in [2.24, 2.45) is 0 Å². The zero-order valence-electron chi connectivity index (χ0n) is 2.73. The van der Waals surface area contributed by atoms with Gasteiger partial charge in [0, 0.05) is 98.1 Å². The largest absolute Gasteiger partial charge is 0.358 e. The summed E-state index contributed by atoms with van der Waals surface area (Å²) in [5.74, 6) is 0. The second-order valence-electron chi connectivity index (χ2n) is 0. The van der Waals surface area contributed by atoms with Crippen LogP contribution in [-0.2, 0) is 98.1 Å². The maximum Gasteiger partial charge on any atom is 0 e. The van der Waals surface area contributed by atoms with Crippen LogP contribution < -0.4 is 0 Å². The van der Waals surface area contributed by atoms with Crippen LogP contribution in [0.4, 0.5) is 0 Å². The molecule has 0 fully saturated rings. The molecule has 0 aliphatic carbocycles. The van der Waals surface area contributed by atoms with E-state index < -0.39 is 0 Å². The molecular formula is CH3Y3-. The fraction of sp³-hybridized carbons (Fsp3) is 0. The summed E-state index contributed by atoms with van der Waals surface area (Å²) in [7, 11) is 0. The Kier molecular flexibility index (Phi) is 108. The standard InChI is InChI=1S/CH3.3Y/h1H3;;;/q-1;;;. The molecule has 3 heteroatoms. The fourth-order valence-corrected chi connectivity index (χ4v) is 0. The van der Waals surface area contributed by atoms with E-state index in [4.69, 9.17) is 0 Å². The van der Waals surface area contributed by atoms with Crippen LogP contribution in [0.2, 0.25) is 0 Å². The molecule has 0 aromatic rings. The fourth-order valence-electron chi connectivity index (χ4n) is 0. The molecule has 0 saturated heterocycles. The molecule has 0 heterocycles. The van der Waals surface area contributed by atoms with Crippen LogP contribution in [0, 0.1) is 7.43 Å². The third-order valence-corrected chi connectivity index (χ3v) is 0. The van der Waals surface area contributed by atoms with Crippen molar-refractivity contribution < 1.29 is 98.1 Å². The van der Waals surface area contributed by atoms with Crippen LogP contribution in [0.5, 0.6) is 0 Å². The normalized spacial score (nSPS) is 0. The smallest absolute Gasteiger partial charge is 0 e. The second-order valence-corrected chi connectivity index (χ2v) is 0. The average Bonchev–Trinajstić information content (AvgIpc) is 0. The van der Waals surface area contributed by atoms with Gasteiger partial charge in [0.2, 0.25) is 0 Å². The third kappa shape index (κ3) is 9.00. The van der Waals surface area contributed by atoms with Gasteiger partial charge in [0.1, 0.15) is 0 Å². The third-order valence-electron chi connectivity index (χ3n) is 0. The van der Waals surface area contributed by atoms with Gasteiger partial charge in [-0.15, -0.1) is 0 Å². The summed E-state index contributed by atoms with van der Waals surface area (Å²) in [5.41, 5.74) is 0. The van der Waals surface area contributed by atoms with Gasteiger partial charge in [-0.2, -0.15) is 0 Å². The minimum Gasteiger partial charge on any atom is -0.358 e. The molecule has 0 rings (SSSR count). The Labute approximate surface area is 103 Å². The molecule has 17 valence electrons. The molecule has 0 aromatic carbocycles. The summed E-state index contributed by atoms with van der Waals surface area (Å²) in [4.78, 5) is 0. The van der Waals surface area contributed by atoms with Crippen LogP contribution in [0.15, 0.2) is 0 Å². The van der Waals surface area contributed by atoms with Gasteiger partial charge in [0.05, 0.1) is 0 Å². The molecule has 0 unspecified atom stereocenters. The van der Waals surface area contributed by atoms with E-state index in [0.29, 0.717) is 0 Å². The van der Waals surface area contributed by atoms with E-state index in [1.165, 1.54) is 0 Å². The predicted molar refractivity (Wildman–Crippen MR) is 6.41 cm³/mol. The van der Waals surface area contributed by atoms with E-state index in [0.717, 1.165) is 0 Å². The summed E-state index contributed by atoms with van der Waals surface area (Å²) in [6, 6.07) is 0. The summed E-state index contributed by atoms with van der Waals surface area (Å²) in [6.07, 6.45) is 0. The first-order chi connectivity index (χ1) is 0. The molecule has 0 bridgehead atoms. The zero-order chi connectivity index (χ0) is 0. The van der Waals surface area contributed by atoms with Crippen molar-refractivity contribution in [1.82, 2.24) is 0 Å². The van der Waals surface area contributed by atoms with Gasteiger partial charge >= 0.3 is 0 Å². The van der Waals surface area contributed by atoms with Crippen molar-refractivity contribution in [2.75, 3.05) is 0 Å². The molecule has 0 N–H and O–H groups in total. The van der Waals surface area contributed by atoms with E-state index in [9.17, 15) is 0 Å². The molecule has 0 spiro atoms. The summed E-state index contributed by atoms with van der Waals surface area (Å²) >= 11 is 0. The minimum absolute atomic E-state index is 0. The van der Waals surface area contributed by atoms with E-state index in [1.54, 1.807) is 0 Å². The zero-order valence-corrected chi connectivity index (χ0v) is 11.2.